The minimum absolute atomic E-state index is 0.0366. The largest absolute Gasteiger partial charge is 0.478 e. The van der Waals surface area contributed by atoms with Crippen LogP contribution >= 0.6 is 0 Å². The van der Waals surface area contributed by atoms with Crippen molar-refractivity contribution < 1.29 is 14.3 Å². The molecule has 0 fully saturated rings. The smallest absolute Gasteiger partial charge is 0.266 e. The molecule has 1 heterocycles. The lowest BCUT2D eigenvalue weighted by Gasteiger charge is -2.27. The standard InChI is InChI=1S/C16H22N2O3/c1-3-5-10-18(4-2)15(19)11-14-16(20)17-12-8-6-7-9-13(12)21-14/h6-9,14H,3-5,10-11H2,1-2H3,(H,17,20). The van der Waals surface area contributed by atoms with E-state index in [1.54, 1.807) is 17.0 Å². The first kappa shape index (κ1) is 15.4. The average molecular weight is 290 g/mol. The fraction of sp³-hybridized carbons (Fsp3) is 0.500. The Morgan fingerprint density at radius 3 is 2.81 bits per heavy atom. The number of nitrogens with one attached hydrogen (secondary N) is 1. The maximum Gasteiger partial charge on any atom is 0.266 e. The van der Waals surface area contributed by atoms with Gasteiger partial charge >= 0.3 is 0 Å². The highest BCUT2D eigenvalue weighted by atomic mass is 16.5. The second-order valence-corrected chi connectivity index (χ2v) is 5.12. The molecule has 21 heavy (non-hydrogen) atoms. The summed E-state index contributed by atoms with van der Waals surface area (Å²) in [7, 11) is 0. The third kappa shape index (κ3) is 3.74. The maximum absolute atomic E-state index is 12.3. The summed E-state index contributed by atoms with van der Waals surface area (Å²) in [5.74, 6) is 0.325. The summed E-state index contributed by atoms with van der Waals surface area (Å²) < 4.78 is 5.65. The van der Waals surface area contributed by atoms with Gasteiger partial charge < -0.3 is 15.0 Å². The molecule has 2 rings (SSSR count). The molecule has 0 aromatic heterocycles. The topological polar surface area (TPSA) is 58.6 Å². The molecule has 1 atom stereocenters. The molecular formula is C16H22N2O3. The summed E-state index contributed by atoms with van der Waals surface area (Å²) in [5.41, 5.74) is 0.657. The van der Waals surface area contributed by atoms with Gasteiger partial charge in [0.1, 0.15) is 5.75 Å². The van der Waals surface area contributed by atoms with Crippen LogP contribution in [-0.2, 0) is 9.59 Å². The van der Waals surface area contributed by atoms with Crippen molar-refractivity contribution >= 4 is 17.5 Å². The molecule has 0 saturated heterocycles. The molecule has 0 aliphatic carbocycles. The third-order valence-electron chi connectivity index (χ3n) is 3.58. The lowest BCUT2D eigenvalue weighted by Crippen LogP contribution is -2.42. The zero-order chi connectivity index (χ0) is 15.2. The Hall–Kier alpha value is -2.04. The van der Waals surface area contributed by atoms with E-state index in [9.17, 15) is 9.59 Å². The summed E-state index contributed by atoms with van der Waals surface area (Å²) >= 11 is 0. The first-order valence-corrected chi connectivity index (χ1v) is 7.50. The van der Waals surface area contributed by atoms with Gasteiger partial charge in [-0.05, 0) is 25.5 Å². The maximum atomic E-state index is 12.3. The van der Waals surface area contributed by atoms with Crippen molar-refractivity contribution in [3.05, 3.63) is 24.3 Å². The van der Waals surface area contributed by atoms with Crippen LogP contribution in [0.3, 0.4) is 0 Å². The highest BCUT2D eigenvalue weighted by molar-refractivity contribution is 5.99. The van der Waals surface area contributed by atoms with Gasteiger partial charge in [0, 0.05) is 13.1 Å². The van der Waals surface area contributed by atoms with Gasteiger partial charge in [-0.15, -0.1) is 0 Å². The second-order valence-electron chi connectivity index (χ2n) is 5.12. The van der Waals surface area contributed by atoms with Crippen molar-refractivity contribution in [2.45, 2.75) is 39.2 Å². The molecule has 0 spiro atoms. The summed E-state index contributed by atoms with van der Waals surface area (Å²) in [6.45, 7) is 5.43. The third-order valence-corrected chi connectivity index (χ3v) is 3.58. The van der Waals surface area contributed by atoms with Crippen LogP contribution in [0.15, 0.2) is 24.3 Å². The van der Waals surface area contributed by atoms with Crippen LogP contribution < -0.4 is 10.1 Å². The van der Waals surface area contributed by atoms with E-state index in [4.69, 9.17) is 4.74 Å². The number of ether oxygens (including phenoxy) is 1. The van der Waals surface area contributed by atoms with Gasteiger partial charge in [-0.1, -0.05) is 25.5 Å². The lowest BCUT2D eigenvalue weighted by atomic mass is 10.1. The number of rotatable bonds is 6. The molecule has 1 aliphatic heterocycles. The van der Waals surface area contributed by atoms with E-state index in [-0.39, 0.29) is 18.2 Å². The first-order valence-electron chi connectivity index (χ1n) is 7.50. The number of unbranched alkanes of at least 4 members (excludes halogenated alkanes) is 1. The number of carbonyl (C=O) groups excluding carboxylic acids is 2. The Balaban J connectivity index is 1.99. The number of fused-ring (bicyclic) bond motifs is 1. The number of para-hydroxylation sites is 2. The SMILES string of the molecule is CCCCN(CC)C(=O)CC1Oc2ccccc2NC1=O. The second kappa shape index (κ2) is 7.11. The van der Waals surface area contributed by atoms with Gasteiger partial charge in [0.2, 0.25) is 5.91 Å². The Kier molecular flexibility index (Phi) is 5.20. The van der Waals surface area contributed by atoms with Crippen LogP contribution in [0, 0.1) is 0 Å². The molecule has 114 valence electrons. The van der Waals surface area contributed by atoms with Gasteiger partial charge in [0.25, 0.3) is 5.91 Å². The number of hydrogen-bond acceptors (Lipinski definition) is 3. The minimum Gasteiger partial charge on any atom is -0.478 e. The number of anilines is 1. The van der Waals surface area contributed by atoms with Crippen LogP contribution in [0.4, 0.5) is 5.69 Å². The normalized spacial score (nSPS) is 16.7. The van der Waals surface area contributed by atoms with Gasteiger partial charge in [-0.3, -0.25) is 9.59 Å². The van der Waals surface area contributed by atoms with E-state index >= 15 is 0 Å². The fourth-order valence-corrected chi connectivity index (χ4v) is 2.32. The Morgan fingerprint density at radius 2 is 2.10 bits per heavy atom. The predicted molar refractivity (Wildman–Crippen MR) is 81.3 cm³/mol. The van der Waals surface area contributed by atoms with Crippen LogP contribution in [0.2, 0.25) is 0 Å². The van der Waals surface area contributed by atoms with E-state index in [0.29, 0.717) is 18.0 Å². The van der Waals surface area contributed by atoms with Crippen molar-refractivity contribution in [2.75, 3.05) is 18.4 Å². The number of amides is 2. The molecule has 1 aromatic carbocycles. The van der Waals surface area contributed by atoms with Crippen LogP contribution in [0.25, 0.3) is 0 Å². The number of carbonyl (C=O) groups is 2. The molecular weight excluding hydrogens is 268 g/mol. The van der Waals surface area contributed by atoms with E-state index in [2.05, 4.69) is 12.2 Å². The molecule has 1 N–H and O–H groups in total. The van der Waals surface area contributed by atoms with E-state index in [0.717, 1.165) is 19.4 Å². The van der Waals surface area contributed by atoms with Crippen LogP contribution in [0.1, 0.15) is 33.1 Å². The molecule has 2 amide bonds. The average Bonchev–Trinajstić information content (AvgIpc) is 2.49. The lowest BCUT2D eigenvalue weighted by molar-refractivity contribution is -0.137. The fourth-order valence-electron chi connectivity index (χ4n) is 2.32. The Bertz CT molecular complexity index is 516. The molecule has 5 heteroatoms. The summed E-state index contributed by atoms with van der Waals surface area (Å²) in [6.07, 6.45) is 1.35. The number of hydrogen-bond donors (Lipinski definition) is 1. The summed E-state index contributed by atoms with van der Waals surface area (Å²) in [5, 5.41) is 2.78. The summed E-state index contributed by atoms with van der Waals surface area (Å²) in [4.78, 5) is 26.1. The quantitative estimate of drug-likeness (QED) is 0.875. The monoisotopic (exact) mass is 290 g/mol. The zero-order valence-corrected chi connectivity index (χ0v) is 12.6. The molecule has 1 aliphatic rings. The molecule has 0 bridgehead atoms. The Morgan fingerprint density at radius 1 is 1.33 bits per heavy atom. The van der Waals surface area contributed by atoms with E-state index in [1.165, 1.54) is 0 Å². The van der Waals surface area contributed by atoms with Gasteiger partial charge in [-0.25, -0.2) is 0 Å². The van der Waals surface area contributed by atoms with Crippen molar-refractivity contribution in [3.8, 4) is 5.75 Å². The molecule has 1 aromatic rings. The molecule has 0 saturated carbocycles. The van der Waals surface area contributed by atoms with Gasteiger partial charge in [0.05, 0.1) is 12.1 Å². The van der Waals surface area contributed by atoms with Gasteiger partial charge in [-0.2, -0.15) is 0 Å². The van der Waals surface area contributed by atoms with Crippen molar-refractivity contribution in [1.29, 1.82) is 0 Å². The predicted octanol–water partition coefficient (Wildman–Crippen LogP) is 2.42. The Labute approximate surface area is 125 Å². The van der Waals surface area contributed by atoms with Crippen molar-refractivity contribution in [3.63, 3.8) is 0 Å². The highest BCUT2D eigenvalue weighted by Crippen LogP contribution is 2.29. The van der Waals surface area contributed by atoms with Crippen molar-refractivity contribution in [2.24, 2.45) is 0 Å². The highest BCUT2D eigenvalue weighted by Gasteiger charge is 2.30. The zero-order valence-electron chi connectivity index (χ0n) is 12.6. The summed E-state index contributed by atoms with van der Waals surface area (Å²) in [6, 6.07) is 7.25. The number of benzene rings is 1. The molecule has 5 nitrogen and oxygen atoms in total. The van der Waals surface area contributed by atoms with Crippen molar-refractivity contribution in [1.82, 2.24) is 4.90 Å². The van der Waals surface area contributed by atoms with E-state index in [1.807, 2.05) is 19.1 Å². The molecule has 0 radical (unpaired) electrons. The minimum atomic E-state index is -0.747. The number of nitrogens with zero attached hydrogens (tertiary/aromatic N) is 1. The first-order chi connectivity index (χ1) is 10.2. The van der Waals surface area contributed by atoms with E-state index < -0.39 is 6.10 Å². The van der Waals surface area contributed by atoms with Crippen LogP contribution in [-0.4, -0.2) is 35.9 Å². The molecule has 1 unspecified atom stereocenters. The van der Waals surface area contributed by atoms with Crippen LogP contribution in [0.5, 0.6) is 5.75 Å². The van der Waals surface area contributed by atoms with Gasteiger partial charge in [0.15, 0.2) is 6.10 Å².